The molecule has 0 bridgehead atoms. The molecule has 0 heterocycles. The van der Waals surface area contributed by atoms with Crippen LogP contribution in [-0.2, 0) is 11.2 Å². The number of carbonyl (C=O) groups is 1. The molecule has 3 nitrogen and oxygen atoms in total. The minimum atomic E-state index is -0.359. The van der Waals surface area contributed by atoms with Gasteiger partial charge in [0.25, 0.3) is 5.91 Å². The summed E-state index contributed by atoms with van der Waals surface area (Å²) in [4.78, 5) is 11.3. The summed E-state index contributed by atoms with van der Waals surface area (Å²) in [6.45, 7) is 2.08. The standard InChI is InChI=1S/C13H14N2O/c1-3-10-4-6-11(7-5-10)8-12(9-14)13(16)15-2/h4-8H,3H2,1-2H3,(H,15,16)/b12-8-. The van der Waals surface area contributed by atoms with Crippen molar-refractivity contribution >= 4 is 12.0 Å². The van der Waals surface area contributed by atoms with E-state index in [-0.39, 0.29) is 11.5 Å². The Morgan fingerprint density at radius 1 is 1.44 bits per heavy atom. The highest BCUT2D eigenvalue weighted by Crippen LogP contribution is 2.09. The number of aryl methyl sites for hydroxylation is 1. The zero-order valence-electron chi connectivity index (χ0n) is 9.45. The molecular formula is C13H14N2O. The van der Waals surface area contributed by atoms with Crippen molar-refractivity contribution in [3.8, 4) is 6.07 Å². The summed E-state index contributed by atoms with van der Waals surface area (Å²) in [6, 6.07) is 9.66. The first-order chi connectivity index (χ1) is 7.71. The Balaban J connectivity index is 2.96. The molecule has 0 spiro atoms. The van der Waals surface area contributed by atoms with E-state index in [4.69, 9.17) is 5.26 Å². The van der Waals surface area contributed by atoms with E-state index in [9.17, 15) is 4.79 Å². The Hall–Kier alpha value is -2.08. The van der Waals surface area contributed by atoms with Crippen LogP contribution < -0.4 is 5.32 Å². The Bertz CT molecular complexity index is 438. The topological polar surface area (TPSA) is 52.9 Å². The van der Waals surface area contributed by atoms with Gasteiger partial charge in [-0.25, -0.2) is 0 Å². The first-order valence-corrected chi connectivity index (χ1v) is 5.14. The number of rotatable bonds is 3. The van der Waals surface area contributed by atoms with Crippen molar-refractivity contribution < 1.29 is 4.79 Å². The van der Waals surface area contributed by atoms with Gasteiger partial charge in [0, 0.05) is 7.05 Å². The molecule has 1 aromatic carbocycles. The lowest BCUT2D eigenvalue weighted by Gasteiger charge is -1.99. The fourth-order valence-electron chi connectivity index (χ4n) is 1.30. The second-order valence-electron chi connectivity index (χ2n) is 3.34. The van der Waals surface area contributed by atoms with E-state index in [0.29, 0.717) is 0 Å². The highest BCUT2D eigenvalue weighted by Gasteiger charge is 2.05. The van der Waals surface area contributed by atoms with Crippen molar-refractivity contribution in [3.63, 3.8) is 0 Å². The molecule has 0 aliphatic heterocycles. The maximum Gasteiger partial charge on any atom is 0.261 e. The fraction of sp³-hybridized carbons (Fsp3) is 0.231. The van der Waals surface area contributed by atoms with Crippen LogP contribution in [0.4, 0.5) is 0 Å². The van der Waals surface area contributed by atoms with Crippen LogP contribution in [0.25, 0.3) is 6.08 Å². The normalized spacial score (nSPS) is 10.7. The fourth-order valence-corrected chi connectivity index (χ4v) is 1.30. The van der Waals surface area contributed by atoms with Gasteiger partial charge in [-0.3, -0.25) is 4.79 Å². The van der Waals surface area contributed by atoms with Crippen molar-refractivity contribution in [2.45, 2.75) is 13.3 Å². The smallest absolute Gasteiger partial charge is 0.261 e. The van der Waals surface area contributed by atoms with E-state index in [1.54, 1.807) is 6.08 Å². The van der Waals surface area contributed by atoms with E-state index in [1.165, 1.54) is 12.6 Å². The predicted octanol–water partition coefficient (Wildman–Crippen LogP) is 1.90. The first kappa shape index (κ1) is 12.0. The molecule has 0 saturated heterocycles. The van der Waals surface area contributed by atoms with Crippen LogP contribution in [0, 0.1) is 11.3 Å². The van der Waals surface area contributed by atoms with Crippen molar-refractivity contribution in [1.82, 2.24) is 5.32 Å². The molecule has 0 aromatic heterocycles. The van der Waals surface area contributed by atoms with Crippen molar-refractivity contribution in [3.05, 3.63) is 41.0 Å². The Labute approximate surface area is 95.4 Å². The summed E-state index contributed by atoms with van der Waals surface area (Å²) in [7, 11) is 1.51. The van der Waals surface area contributed by atoms with E-state index >= 15 is 0 Å². The van der Waals surface area contributed by atoms with Gasteiger partial charge in [-0.15, -0.1) is 0 Å². The minimum absolute atomic E-state index is 0.117. The minimum Gasteiger partial charge on any atom is -0.354 e. The van der Waals surface area contributed by atoms with Crippen molar-refractivity contribution in [2.75, 3.05) is 7.05 Å². The summed E-state index contributed by atoms with van der Waals surface area (Å²) in [5.74, 6) is -0.359. The summed E-state index contributed by atoms with van der Waals surface area (Å²) in [5, 5.41) is 11.2. The summed E-state index contributed by atoms with van der Waals surface area (Å²) >= 11 is 0. The van der Waals surface area contributed by atoms with Crippen LogP contribution in [0.1, 0.15) is 18.1 Å². The van der Waals surface area contributed by atoms with Crippen LogP contribution in [0.3, 0.4) is 0 Å². The lowest BCUT2D eigenvalue weighted by Crippen LogP contribution is -2.19. The van der Waals surface area contributed by atoms with Gasteiger partial charge in [0.2, 0.25) is 0 Å². The van der Waals surface area contributed by atoms with Crippen LogP contribution in [0.15, 0.2) is 29.8 Å². The van der Waals surface area contributed by atoms with Gasteiger partial charge in [0.1, 0.15) is 11.6 Å². The number of nitrogens with zero attached hydrogens (tertiary/aromatic N) is 1. The van der Waals surface area contributed by atoms with Gasteiger partial charge in [-0.05, 0) is 23.6 Å². The average molecular weight is 214 g/mol. The van der Waals surface area contributed by atoms with Crippen LogP contribution in [0.5, 0.6) is 0 Å². The Morgan fingerprint density at radius 2 is 2.06 bits per heavy atom. The largest absolute Gasteiger partial charge is 0.354 e. The summed E-state index contributed by atoms with van der Waals surface area (Å²) in [6.07, 6.45) is 2.56. The lowest BCUT2D eigenvalue weighted by atomic mass is 10.1. The monoisotopic (exact) mass is 214 g/mol. The average Bonchev–Trinajstić information content (AvgIpc) is 2.35. The van der Waals surface area contributed by atoms with E-state index in [2.05, 4.69) is 12.2 Å². The van der Waals surface area contributed by atoms with Gasteiger partial charge in [-0.2, -0.15) is 5.26 Å². The lowest BCUT2D eigenvalue weighted by molar-refractivity contribution is -0.116. The zero-order chi connectivity index (χ0) is 12.0. The predicted molar refractivity (Wildman–Crippen MR) is 63.5 cm³/mol. The first-order valence-electron chi connectivity index (χ1n) is 5.14. The molecule has 1 aromatic rings. The number of carbonyl (C=O) groups excluding carboxylic acids is 1. The number of benzene rings is 1. The van der Waals surface area contributed by atoms with E-state index in [0.717, 1.165) is 12.0 Å². The molecule has 1 N–H and O–H groups in total. The molecule has 3 heteroatoms. The molecule has 0 radical (unpaired) electrons. The molecule has 0 atom stereocenters. The third kappa shape index (κ3) is 2.96. The second-order valence-corrected chi connectivity index (χ2v) is 3.34. The van der Waals surface area contributed by atoms with Crippen molar-refractivity contribution in [2.24, 2.45) is 0 Å². The van der Waals surface area contributed by atoms with Gasteiger partial charge in [0.15, 0.2) is 0 Å². The number of amides is 1. The van der Waals surface area contributed by atoms with Gasteiger partial charge < -0.3 is 5.32 Å². The number of nitrogens with one attached hydrogen (secondary N) is 1. The Morgan fingerprint density at radius 3 is 2.50 bits per heavy atom. The van der Waals surface area contributed by atoms with Crippen molar-refractivity contribution in [1.29, 1.82) is 5.26 Å². The number of nitriles is 1. The van der Waals surface area contributed by atoms with Gasteiger partial charge >= 0.3 is 0 Å². The highest BCUT2D eigenvalue weighted by atomic mass is 16.1. The zero-order valence-corrected chi connectivity index (χ0v) is 9.45. The molecule has 1 amide bonds. The number of likely N-dealkylation sites (N-methyl/N-ethyl adjacent to an activating group) is 1. The number of hydrogen-bond acceptors (Lipinski definition) is 2. The van der Waals surface area contributed by atoms with E-state index in [1.807, 2.05) is 30.3 Å². The summed E-state index contributed by atoms with van der Waals surface area (Å²) < 4.78 is 0. The quantitative estimate of drug-likeness (QED) is 0.617. The van der Waals surface area contributed by atoms with Crippen LogP contribution in [-0.4, -0.2) is 13.0 Å². The molecular weight excluding hydrogens is 200 g/mol. The highest BCUT2D eigenvalue weighted by molar-refractivity contribution is 6.01. The number of hydrogen-bond donors (Lipinski definition) is 1. The summed E-state index contributed by atoms with van der Waals surface area (Å²) in [5.41, 5.74) is 2.21. The second kappa shape index (κ2) is 5.72. The molecule has 0 unspecified atom stereocenters. The molecule has 0 fully saturated rings. The third-order valence-electron chi connectivity index (χ3n) is 2.29. The molecule has 0 aliphatic carbocycles. The SMILES string of the molecule is CCc1ccc(/C=C(/C#N)C(=O)NC)cc1. The molecule has 82 valence electrons. The molecule has 0 aliphatic rings. The van der Waals surface area contributed by atoms with Crippen LogP contribution in [0.2, 0.25) is 0 Å². The third-order valence-corrected chi connectivity index (χ3v) is 2.29. The van der Waals surface area contributed by atoms with Gasteiger partial charge in [-0.1, -0.05) is 31.2 Å². The van der Waals surface area contributed by atoms with Gasteiger partial charge in [0.05, 0.1) is 0 Å². The maximum absolute atomic E-state index is 11.3. The Kier molecular flexibility index (Phi) is 4.28. The molecule has 1 rings (SSSR count). The van der Waals surface area contributed by atoms with Crippen LogP contribution >= 0.6 is 0 Å². The maximum atomic E-state index is 11.3. The molecule has 16 heavy (non-hydrogen) atoms. The molecule has 0 saturated carbocycles. The van der Waals surface area contributed by atoms with E-state index < -0.39 is 0 Å².